The number of hydrogen-bond acceptors (Lipinski definition) is 2. The van der Waals surface area contributed by atoms with Crippen molar-refractivity contribution in [3.63, 3.8) is 0 Å². The molecule has 1 aromatic rings. The van der Waals surface area contributed by atoms with Crippen LogP contribution in [0.25, 0.3) is 0 Å². The van der Waals surface area contributed by atoms with Crippen molar-refractivity contribution in [1.29, 1.82) is 0 Å². The molecule has 1 atom stereocenters. The highest BCUT2D eigenvalue weighted by atomic mass is 19.1. The van der Waals surface area contributed by atoms with Crippen molar-refractivity contribution in [2.24, 2.45) is 11.3 Å². The van der Waals surface area contributed by atoms with Crippen molar-refractivity contribution in [1.82, 2.24) is 10.2 Å². The monoisotopic (exact) mass is 292 g/mol. The lowest BCUT2D eigenvalue weighted by Gasteiger charge is -2.27. The highest BCUT2D eigenvalue weighted by Gasteiger charge is 2.31. The number of benzene rings is 1. The number of hydrogen-bond donors (Lipinski definition) is 1. The van der Waals surface area contributed by atoms with Crippen LogP contribution in [0.15, 0.2) is 18.2 Å². The fraction of sp³-hybridized carbons (Fsp3) is 0.667. The Balaban J connectivity index is 1.99. The van der Waals surface area contributed by atoms with E-state index in [4.69, 9.17) is 0 Å². The van der Waals surface area contributed by atoms with Gasteiger partial charge < -0.3 is 5.32 Å². The average molecular weight is 292 g/mol. The van der Waals surface area contributed by atoms with Crippen LogP contribution in [0.1, 0.15) is 45.2 Å². The van der Waals surface area contributed by atoms with E-state index in [1.165, 1.54) is 12.0 Å². The molecule has 3 heteroatoms. The van der Waals surface area contributed by atoms with Gasteiger partial charge in [0.1, 0.15) is 5.82 Å². The largest absolute Gasteiger partial charge is 0.313 e. The first-order valence-corrected chi connectivity index (χ1v) is 8.10. The Kier molecular flexibility index (Phi) is 5.39. The molecule has 1 aliphatic heterocycles. The summed E-state index contributed by atoms with van der Waals surface area (Å²) >= 11 is 0. The third kappa shape index (κ3) is 4.52. The first-order valence-electron chi connectivity index (χ1n) is 8.10. The van der Waals surface area contributed by atoms with Crippen LogP contribution in [0.3, 0.4) is 0 Å². The zero-order valence-electron chi connectivity index (χ0n) is 13.9. The van der Waals surface area contributed by atoms with Crippen molar-refractivity contribution in [2.75, 3.05) is 19.6 Å². The van der Waals surface area contributed by atoms with Gasteiger partial charge in [0.15, 0.2) is 0 Å². The Labute approximate surface area is 128 Å². The smallest absolute Gasteiger partial charge is 0.127 e. The van der Waals surface area contributed by atoms with Crippen LogP contribution in [0.2, 0.25) is 0 Å². The SMILES string of the molecule is CCNCc1ccc(F)c(CN2CCC(C(C)(C)C)C2)c1. The summed E-state index contributed by atoms with van der Waals surface area (Å²) in [5.41, 5.74) is 2.35. The molecule has 2 nitrogen and oxygen atoms in total. The highest BCUT2D eigenvalue weighted by molar-refractivity contribution is 5.25. The fourth-order valence-electron chi connectivity index (χ4n) is 3.05. The van der Waals surface area contributed by atoms with E-state index in [-0.39, 0.29) is 5.82 Å². The number of nitrogens with one attached hydrogen (secondary N) is 1. The van der Waals surface area contributed by atoms with Gasteiger partial charge in [0.2, 0.25) is 0 Å². The van der Waals surface area contributed by atoms with Crippen LogP contribution >= 0.6 is 0 Å². The summed E-state index contributed by atoms with van der Waals surface area (Å²) in [5, 5.41) is 3.30. The van der Waals surface area contributed by atoms with E-state index in [0.717, 1.165) is 38.3 Å². The van der Waals surface area contributed by atoms with E-state index in [0.29, 0.717) is 11.3 Å². The Morgan fingerprint density at radius 1 is 1.33 bits per heavy atom. The molecular weight excluding hydrogens is 263 g/mol. The van der Waals surface area contributed by atoms with Crippen molar-refractivity contribution < 1.29 is 4.39 Å². The molecule has 21 heavy (non-hydrogen) atoms. The summed E-state index contributed by atoms with van der Waals surface area (Å²) in [5.74, 6) is 0.639. The Morgan fingerprint density at radius 3 is 2.71 bits per heavy atom. The second kappa shape index (κ2) is 6.89. The maximum Gasteiger partial charge on any atom is 0.127 e. The van der Waals surface area contributed by atoms with Gasteiger partial charge >= 0.3 is 0 Å². The second-order valence-corrected chi connectivity index (χ2v) is 7.29. The predicted octanol–water partition coefficient (Wildman–Crippen LogP) is 3.80. The maximum absolute atomic E-state index is 14.0. The van der Waals surface area contributed by atoms with Crippen LogP contribution in [0, 0.1) is 17.2 Å². The minimum absolute atomic E-state index is 0.0746. The molecule has 0 saturated carbocycles. The Hall–Kier alpha value is -0.930. The van der Waals surface area contributed by atoms with Crippen molar-refractivity contribution in [2.45, 2.75) is 47.2 Å². The molecule has 0 amide bonds. The van der Waals surface area contributed by atoms with Gasteiger partial charge in [-0.2, -0.15) is 0 Å². The van der Waals surface area contributed by atoms with Gasteiger partial charge in [0.05, 0.1) is 0 Å². The zero-order chi connectivity index (χ0) is 15.5. The Bertz CT molecular complexity index is 465. The third-order valence-electron chi connectivity index (χ3n) is 4.58. The predicted molar refractivity (Wildman–Crippen MR) is 86.6 cm³/mol. The van der Waals surface area contributed by atoms with E-state index in [1.807, 2.05) is 12.1 Å². The number of halogens is 1. The second-order valence-electron chi connectivity index (χ2n) is 7.29. The average Bonchev–Trinajstić information content (AvgIpc) is 2.88. The summed E-state index contributed by atoms with van der Waals surface area (Å²) in [7, 11) is 0. The van der Waals surface area contributed by atoms with E-state index in [1.54, 1.807) is 6.07 Å². The van der Waals surface area contributed by atoms with Gasteiger partial charge in [-0.3, -0.25) is 4.90 Å². The van der Waals surface area contributed by atoms with E-state index >= 15 is 0 Å². The van der Waals surface area contributed by atoms with E-state index in [9.17, 15) is 4.39 Å². The summed E-state index contributed by atoms with van der Waals surface area (Å²) in [4.78, 5) is 2.39. The molecule has 0 spiro atoms. The lowest BCUT2D eigenvalue weighted by molar-refractivity contribution is 0.225. The van der Waals surface area contributed by atoms with Crippen LogP contribution in [-0.2, 0) is 13.1 Å². The number of nitrogens with zero attached hydrogens (tertiary/aromatic N) is 1. The minimum atomic E-state index is -0.0746. The third-order valence-corrected chi connectivity index (χ3v) is 4.58. The van der Waals surface area contributed by atoms with Crippen molar-refractivity contribution in [3.8, 4) is 0 Å². The molecule has 1 fully saturated rings. The van der Waals surface area contributed by atoms with Crippen LogP contribution in [0.4, 0.5) is 4.39 Å². The minimum Gasteiger partial charge on any atom is -0.313 e. The Morgan fingerprint density at radius 2 is 2.10 bits per heavy atom. The zero-order valence-corrected chi connectivity index (χ0v) is 13.9. The molecule has 1 saturated heterocycles. The van der Waals surface area contributed by atoms with E-state index in [2.05, 4.69) is 37.9 Å². The lowest BCUT2D eigenvalue weighted by Crippen LogP contribution is -2.26. The van der Waals surface area contributed by atoms with E-state index < -0.39 is 0 Å². The molecule has 1 aromatic carbocycles. The number of rotatable bonds is 5. The van der Waals surface area contributed by atoms with Gasteiger partial charge in [-0.15, -0.1) is 0 Å². The van der Waals surface area contributed by atoms with Gasteiger partial charge in [-0.25, -0.2) is 4.39 Å². The molecule has 118 valence electrons. The van der Waals surface area contributed by atoms with Gasteiger partial charge in [-0.1, -0.05) is 39.8 Å². The molecule has 1 unspecified atom stereocenters. The molecule has 1 N–H and O–H groups in total. The molecule has 1 heterocycles. The van der Waals surface area contributed by atoms with Gasteiger partial charge in [-0.05, 0) is 42.5 Å². The van der Waals surface area contributed by atoms with Crippen LogP contribution in [-0.4, -0.2) is 24.5 Å². The van der Waals surface area contributed by atoms with Crippen molar-refractivity contribution in [3.05, 3.63) is 35.1 Å². The normalized spacial score (nSPS) is 20.1. The summed E-state index contributed by atoms with van der Waals surface area (Å²) in [6.07, 6.45) is 1.22. The molecule has 0 radical (unpaired) electrons. The molecule has 1 aliphatic rings. The summed E-state index contributed by atoms with van der Waals surface area (Å²) in [6, 6.07) is 5.51. The number of likely N-dealkylation sites (tertiary alicyclic amines) is 1. The molecule has 0 bridgehead atoms. The van der Waals surface area contributed by atoms with Crippen LogP contribution in [0.5, 0.6) is 0 Å². The first kappa shape index (κ1) is 16.4. The molecular formula is C18H29FN2. The molecule has 2 rings (SSSR count). The van der Waals surface area contributed by atoms with Gasteiger partial charge in [0, 0.05) is 25.2 Å². The topological polar surface area (TPSA) is 15.3 Å². The fourth-order valence-corrected chi connectivity index (χ4v) is 3.05. The highest BCUT2D eigenvalue weighted by Crippen LogP contribution is 2.34. The lowest BCUT2D eigenvalue weighted by atomic mass is 9.80. The molecule has 0 aliphatic carbocycles. The standard InChI is InChI=1S/C18H29FN2/c1-5-20-11-14-6-7-17(19)15(10-14)12-21-9-8-16(13-21)18(2,3)4/h6-7,10,16,20H,5,8-9,11-13H2,1-4H3. The first-order chi connectivity index (χ1) is 9.90. The summed E-state index contributed by atoms with van der Waals surface area (Å²) < 4.78 is 14.0. The van der Waals surface area contributed by atoms with Crippen LogP contribution < -0.4 is 5.32 Å². The quantitative estimate of drug-likeness (QED) is 0.888. The van der Waals surface area contributed by atoms with Crippen molar-refractivity contribution >= 4 is 0 Å². The van der Waals surface area contributed by atoms with Gasteiger partial charge in [0.25, 0.3) is 0 Å². The summed E-state index contributed by atoms with van der Waals surface area (Å²) in [6.45, 7) is 13.6. The maximum atomic E-state index is 14.0. The molecule has 0 aromatic heterocycles.